The lowest BCUT2D eigenvalue weighted by atomic mass is 10.4. The van der Waals surface area contributed by atoms with E-state index >= 15 is 0 Å². The molecular formula is C12H19BrN4S2. The van der Waals surface area contributed by atoms with Crippen LogP contribution in [0, 0.1) is 0 Å². The zero-order valence-corrected chi connectivity index (χ0v) is 14.2. The smallest absolute Gasteiger partial charge is 0.224 e. The molecule has 19 heavy (non-hydrogen) atoms. The topological polar surface area (TPSA) is 49.8 Å². The first kappa shape index (κ1) is 15.3. The Hall–Kier alpha value is -0.140. The predicted octanol–water partition coefficient (Wildman–Crippen LogP) is 3.32. The average molecular weight is 363 g/mol. The Bertz CT molecular complexity index is 399. The van der Waals surface area contributed by atoms with E-state index in [1.807, 2.05) is 23.5 Å². The Morgan fingerprint density at radius 3 is 3.05 bits per heavy atom. The molecule has 1 aromatic heterocycles. The van der Waals surface area contributed by atoms with Gasteiger partial charge in [-0.3, -0.25) is 0 Å². The predicted molar refractivity (Wildman–Crippen MR) is 90.6 cm³/mol. The highest BCUT2D eigenvalue weighted by Crippen LogP contribution is 2.25. The van der Waals surface area contributed by atoms with Crippen LogP contribution in [-0.4, -0.2) is 45.6 Å². The summed E-state index contributed by atoms with van der Waals surface area (Å²) in [5.41, 5.74) is 0. The maximum atomic E-state index is 4.50. The minimum Gasteiger partial charge on any atom is -0.368 e. The van der Waals surface area contributed by atoms with E-state index in [1.165, 1.54) is 17.3 Å². The summed E-state index contributed by atoms with van der Waals surface area (Å²) in [6.45, 7) is 3.99. The Labute approximate surface area is 131 Å². The SMILES string of the molecule is CCCNc1ncc(Br)c(NCC2CSCCS2)n1. The van der Waals surface area contributed by atoms with Crippen molar-refractivity contribution in [2.45, 2.75) is 18.6 Å². The number of halogens is 1. The summed E-state index contributed by atoms with van der Waals surface area (Å²) in [6.07, 6.45) is 2.87. The van der Waals surface area contributed by atoms with E-state index in [4.69, 9.17) is 0 Å². The van der Waals surface area contributed by atoms with Gasteiger partial charge in [0.05, 0.1) is 4.47 Å². The van der Waals surface area contributed by atoms with Gasteiger partial charge in [-0.1, -0.05) is 6.92 Å². The van der Waals surface area contributed by atoms with E-state index in [2.05, 4.69) is 43.5 Å². The summed E-state index contributed by atoms with van der Waals surface area (Å²) in [7, 11) is 0. The molecule has 1 saturated heterocycles. The minimum absolute atomic E-state index is 0.674. The van der Waals surface area contributed by atoms with Crippen LogP contribution in [0.5, 0.6) is 0 Å². The normalized spacial score (nSPS) is 19.2. The van der Waals surface area contributed by atoms with E-state index in [9.17, 15) is 0 Å². The summed E-state index contributed by atoms with van der Waals surface area (Å²) in [5, 5.41) is 7.31. The number of hydrogen-bond acceptors (Lipinski definition) is 6. The second-order valence-corrected chi connectivity index (χ2v) is 7.68. The molecule has 0 spiro atoms. The van der Waals surface area contributed by atoms with Crippen molar-refractivity contribution in [3.05, 3.63) is 10.7 Å². The number of nitrogens with zero attached hydrogens (tertiary/aromatic N) is 2. The standard InChI is InChI=1S/C12H19BrN4S2/c1-2-3-14-12-16-7-10(13)11(17-12)15-6-9-8-18-4-5-19-9/h7,9H,2-6,8H2,1H3,(H2,14,15,16,17). The van der Waals surface area contributed by atoms with Gasteiger partial charge in [0.25, 0.3) is 0 Å². The van der Waals surface area contributed by atoms with E-state index in [1.54, 1.807) is 6.20 Å². The Balaban J connectivity index is 1.90. The highest BCUT2D eigenvalue weighted by atomic mass is 79.9. The van der Waals surface area contributed by atoms with Crippen molar-refractivity contribution in [3.63, 3.8) is 0 Å². The molecule has 1 aliphatic heterocycles. The lowest BCUT2D eigenvalue weighted by Gasteiger charge is -2.21. The largest absolute Gasteiger partial charge is 0.368 e. The van der Waals surface area contributed by atoms with Gasteiger partial charge in [-0.25, -0.2) is 4.98 Å². The van der Waals surface area contributed by atoms with Gasteiger partial charge < -0.3 is 10.6 Å². The second-order valence-electron chi connectivity index (χ2n) is 4.27. The van der Waals surface area contributed by atoms with Gasteiger partial charge in [0.15, 0.2) is 0 Å². The second kappa shape index (κ2) is 8.21. The maximum Gasteiger partial charge on any atom is 0.224 e. The molecule has 1 atom stereocenters. The third-order valence-corrected chi connectivity index (χ3v) is 6.08. The monoisotopic (exact) mass is 362 g/mol. The summed E-state index contributed by atoms with van der Waals surface area (Å²) >= 11 is 7.58. The summed E-state index contributed by atoms with van der Waals surface area (Å²) < 4.78 is 0.919. The van der Waals surface area contributed by atoms with Gasteiger partial charge in [0.1, 0.15) is 5.82 Å². The summed E-state index contributed by atoms with van der Waals surface area (Å²) in [5.74, 6) is 5.33. The van der Waals surface area contributed by atoms with Crippen molar-refractivity contribution in [1.29, 1.82) is 0 Å². The van der Waals surface area contributed by atoms with Gasteiger partial charge in [-0.15, -0.1) is 0 Å². The van der Waals surface area contributed by atoms with Crippen LogP contribution in [0.1, 0.15) is 13.3 Å². The molecule has 0 aliphatic carbocycles. The Kier molecular flexibility index (Phi) is 6.59. The average Bonchev–Trinajstić information content (AvgIpc) is 2.46. The number of thioether (sulfide) groups is 2. The van der Waals surface area contributed by atoms with Crippen molar-refractivity contribution < 1.29 is 0 Å². The van der Waals surface area contributed by atoms with Gasteiger partial charge in [-0.05, 0) is 22.4 Å². The lowest BCUT2D eigenvalue weighted by molar-refractivity contribution is 0.943. The van der Waals surface area contributed by atoms with Crippen molar-refractivity contribution in [1.82, 2.24) is 9.97 Å². The minimum atomic E-state index is 0.674. The lowest BCUT2D eigenvalue weighted by Crippen LogP contribution is -2.23. The molecule has 1 unspecified atom stereocenters. The molecule has 7 heteroatoms. The zero-order valence-electron chi connectivity index (χ0n) is 11.0. The van der Waals surface area contributed by atoms with Crippen LogP contribution in [0.2, 0.25) is 0 Å². The highest BCUT2D eigenvalue weighted by molar-refractivity contribution is 9.10. The zero-order chi connectivity index (χ0) is 13.5. The number of rotatable bonds is 6. The summed E-state index contributed by atoms with van der Waals surface area (Å²) in [6, 6.07) is 0. The van der Waals surface area contributed by atoms with E-state index in [0.717, 1.165) is 29.8 Å². The van der Waals surface area contributed by atoms with Crippen LogP contribution >= 0.6 is 39.5 Å². The molecule has 0 bridgehead atoms. The number of aromatic nitrogens is 2. The first-order chi connectivity index (χ1) is 9.29. The summed E-state index contributed by atoms with van der Waals surface area (Å²) in [4.78, 5) is 8.75. The maximum absolute atomic E-state index is 4.50. The van der Waals surface area contributed by atoms with E-state index < -0.39 is 0 Å². The van der Waals surface area contributed by atoms with Crippen molar-refractivity contribution in [2.75, 3.05) is 41.0 Å². The first-order valence-corrected chi connectivity index (χ1v) is 9.49. The van der Waals surface area contributed by atoms with Gasteiger partial charge in [-0.2, -0.15) is 28.5 Å². The van der Waals surface area contributed by atoms with Gasteiger partial charge in [0.2, 0.25) is 5.95 Å². The van der Waals surface area contributed by atoms with Crippen LogP contribution in [0.4, 0.5) is 11.8 Å². The van der Waals surface area contributed by atoms with Crippen molar-refractivity contribution >= 4 is 51.2 Å². The molecule has 4 nitrogen and oxygen atoms in total. The quantitative estimate of drug-likeness (QED) is 0.809. The molecular weight excluding hydrogens is 344 g/mol. The molecule has 0 aromatic carbocycles. The van der Waals surface area contributed by atoms with Gasteiger partial charge in [0, 0.05) is 41.8 Å². The van der Waals surface area contributed by atoms with Crippen molar-refractivity contribution in [3.8, 4) is 0 Å². The van der Waals surface area contributed by atoms with E-state index in [-0.39, 0.29) is 0 Å². The van der Waals surface area contributed by atoms with Crippen LogP contribution < -0.4 is 10.6 Å². The van der Waals surface area contributed by atoms with Crippen LogP contribution in [0.25, 0.3) is 0 Å². The molecule has 1 aromatic rings. The van der Waals surface area contributed by atoms with Gasteiger partial charge >= 0.3 is 0 Å². The fraction of sp³-hybridized carbons (Fsp3) is 0.667. The first-order valence-electron chi connectivity index (χ1n) is 6.49. The molecule has 0 saturated carbocycles. The fourth-order valence-corrected chi connectivity index (χ4v) is 4.62. The molecule has 0 radical (unpaired) electrons. The van der Waals surface area contributed by atoms with Crippen molar-refractivity contribution in [2.24, 2.45) is 0 Å². The Morgan fingerprint density at radius 1 is 1.42 bits per heavy atom. The number of hydrogen-bond donors (Lipinski definition) is 2. The third-order valence-electron chi connectivity index (χ3n) is 2.66. The molecule has 106 valence electrons. The number of nitrogens with one attached hydrogen (secondary N) is 2. The van der Waals surface area contributed by atoms with Crippen LogP contribution in [0.15, 0.2) is 10.7 Å². The molecule has 2 heterocycles. The highest BCUT2D eigenvalue weighted by Gasteiger charge is 2.15. The van der Waals surface area contributed by atoms with Crippen LogP contribution in [0.3, 0.4) is 0 Å². The van der Waals surface area contributed by atoms with Crippen LogP contribution in [-0.2, 0) is 0 Å². The molecule has 2 rings (SSSR count). The fourth-order valence-electron chi connectivity index (χ4n) is 1.68. The molecule has 1 aliphatic rings. The molecule has 1 fully saturated rings. The number of anilines is 2. The molecule has 0 amide bonds. The Morgan fingerprint density at radius 2 is 2.32 bits per heavy atom. The van der Waals surface area contributed by atoms with E-state index in [0.29, 0.717) is 11.2 Å². The third kappa shape index (κ3) is 5.04. The molecule has 2 N–H and O–H groups in total.